The summed E-state index contributed by atoms with van der Waals surface area (Å²) in [7, 11) is -0.604. The maximum Gasteiger partial charge on any atom is 0.265 e. The van der Waals surface area contributed by atoms with Crippen molar-refractivity contribution in [1.82, 2.24) is 9.78 Å². The number of benzene rings is 1. The lowest BCUT2D eigenvalue weighted by atomic mass is 10.2. The highest BCUT2D eigenvalue weighted by Gasteiger charge is 2.25. The number of hydrogen-bond donors (Lipinski definition) is 1. The van der Waals surface area contributed by atoms with Gasteiger partial charge in [-0.2, -0.15) is 5.10 Å². The molecule has 1 N–H and O–H groups in total. The predicted molar refractivity (Wildman–Crippen MR) is 95.1 cm³/mol. The summed E-state index contributed by atoms with van der Waals surface area (Å²) in [4.78, 5) is 0.934. The number of nitrogens with one attached hydrogen (secondary N) is 1. The molecule has 8 heteroatoms. The summed E-state index contributed by atoms with van der Waals surface area (Å²) in [5.74, 6) is 0.464. The molecule has 6 nitrogen and oxygen atoms in total. The van der Waals surface area contributed by atoms with Crippen LogP contribution < -0.4 is 9.46 Å². The molecule has 0 radical (unpaired) electrons. The van der Waals surface area contributed by atoms with E-state index in [0.29, 0.717) is 17.1 Å². The molecule has 2 heterocycles. The number of aromatic nitrogens is 2. The minimum absolute atomic E-state index is 0.135. The van der Waals surface area contributed by atoms with Crippen molar-refractivity contribution in [3.8, 4) is 16.3 Å². The first-order valence-electron chi connectivity index (χ1n) is 7.15. The summed E-state index contributed by atoms with van der Waals surface area (Å²) < 4.78 is 35.1. The number of methoxy groups -OCH3 is 1. The summed E-state index contributed by atoms with van der Waals surface area (Å²) in [6, 6.07) is 9.04. The van der Waals surface area contributed by atoms with Gasteiger partial charge in [0.25, 0.3) is 10.0 Å². The molecule has 0 aliphatic heterocycles. The van der Waals surface area contributed by atoms with Crippen molar-refractivity contribution in [2.24, 2.45) is 7.05 Å². The standard InChI is InChI=1S/C16H17N3O3S2/c1-11-6-7-13(22-3)12(9-11)18-24(20,21)15-10-19(2)17-16(15)14-5-4-8-23-14/h4-10,18H,1-3H3. The summed E-state index contributed by atoms with van der Waals surface area (Å²) in [5.41, 5.74) is 1.77. The number of ether oxygens (including phenoxy) is 1. The molecule has 1 aromatic carbocycles. The first kappa shape index (κ1) is 16.5. The molecule has 126 valence electrons. The van der Waals surface area contributed by atoms with Crippen LogP contribution in [0.3, 0.4) is 0 Å². The van der Waals surface area contributed by atoms with Crippen LogP contribution >= 0.6 is 11.3 Å². The molecule has 24 heavy (non-hydrogen) atoms. The number of thiophene rings is 1. The van der Waals surface area contributed by atoms with E-state index < -0.39 is 10.0 Å². The van der Waals surface area contributed by atoms with Crippen LogP contribution in [-0.2, 0) is 17.1 Å². The summed E-state index contributed by atoms with van der Waals surface area (Å²) >= 11 is 1.44. The number of hydrogen-bond acceptors (Lipinski definition) is 5. The van der Waals surface area contributed by atoms with Gasteiger partial charge in [-0.15, -0.1) is 11.3 Å². The highest BCUT2D eigenvalue weighted by atomic mass is 32.2. The van der Waals surface area contributed by atoms with Gasteiger partial charge in [-0.25, -0.2) is 8.42 Å². The average Bonchev–Trinajstić information content (AvgIpc) is 3.16. The van der Waals surface area contributed by atoms with E-state index in [2.05, 4.69) is 9.82 Å². The van der Waals surface area contributed by atoms with Crippen molar-refractivity contribution < 1.29 is 13.2 Å². The lowest BCUT2D eigenvalue weighted by Crippen LogP contribution is -2.14. The van der Waals surface area contributed by atoms with Gasteiger partial charge in [-0.1, -0.05) is 12.1 Å². The number of anilines is 1. The molecule has 3 aromatic rings. The molecule has 2 aromatic heterocycles. The van der Waals surface area contributed by atoms with Crippen LogP contribution in [0.5, 0.6) is 5.75 Å². The summed E-state index contributed by atoms with van der Waals surface area (Å²) in [6.07, 6.45) is 1.50. The molecule has 0 saturated heterocycles. The third-order valence-electron chi connectivity index (χ3n) is 3.44. The average molecular weight is 363 g/mol. The molecule has 0 bridgehead atoms. The Morgan fingerprint density at radius 2 is 2.08 bits per heavy atom. The molecular weight excluding hydrogens is 346 g/mol. The smallest absolute Gasteiger partial charge is 0.265 e. The van der Waals surface area contributed by atoms with Crippen LogP contribution in [0, 0.1) is 6.92 Å². The predicted octanol–water partition coefficient (Wildman–Crippen LogP) is 3.27. The van der Waals surface area contributed by atoms with Gasteiger partial charge in [-0.05, 0) is 36.1 Å². The van der Waals surface area contributed by atoms with Crippen molar-refractivity contribution in [1.29, 1.82) is 0 Å². The molecule has 0 amide bonds. The van der Waals surface area contributed by atoms with E-state index in [1.807, 2.05) is 30.5 Å². The SMILES string of the molecule is COc1ccc(C)cc1NS(=O)(=O)c1cn(C)nc1-c1cccs1. The zero-order chi connectivity index (χ0) is 17.3. The highest BCUT2D eigenvalue weighted by Crippen LogP contribution is 2.32. The van der Waals surface area contributed by atoms with Gasteiger partial charge in [-0.3, -0.25) is 9.40 Å². The van der Waals surface area contributed by atoms with Crippen LogP contribution in [0.4, 0.5) is 5.69 Å². The minimum atomic E-state index is -3.81. The van der Waals surface area contributed by atoms with Crippen molar-refractivity contribution >= 4 is 27.0 Å². The van der Waals surface area contributed by atoms with Crippen LogP contribution in [0.1, 0.15) is 5.56 Å². The number of aryl methyl sites for hydroxylation is 2. The Hall–Kier alpha value is -2.32. The topological polar surface area (TPSA) is 73.2 Å². The molecular formula is C16H17N3O3S2. The van der Waals surface area contributed by atoms with E-state index in [9.17, 15) is 8.42 Å². The van der Waals surface area contributed by atoms with Crippen molar-refractivity contribution in [3.05, 3.63) is 47.5 Å². The Balaban J connectivity index is 2.05. The monoisotopic (exact) mass is 363 g/mol. The van der Waals surface area contributed by atoms with Crippen molar-refractivity contribution in [2.45, 2.75) is 11.8 Å². The largest absolute Gasteiger partial charge is 0.495 e. The third-order valence-corrected chi connectivity index (χ3v) is 5.68. The first-order valence-corrected chi connectivity index (χ1v) is 9.52. The molecule has 0 fully saturated rings. The Morgan fingerprint density at radius 1 is 1.29 bits per heavy atom. The number of rotatable bonds is 5. The first-order chi connectivity index (χ1) is 11.4. The fraction of sp³-hybridized carbons (Fsp3) is 0.188. The number of sulfonamides is 1. The minimum Gasteiger partial charge on any atom is -0.495 e. The van der Waals surface area contributed by atoms with E-state index in [-0.39, 0.29) is 4.90 Å². The van der Waals surface area contributed by atoms with Crippen molar-refractivity contribution in [2.75, 3.05) is 11.8 Å². The normalized spacial score (nSPS) is 11.5. The maximum atomic E-state index is 12.9. The van der Waals surface area contributed by atoms with Gasteiger partial charge < -0.3 is 4.74 Å². The molecule has 0 spiro atoms. The second kappa shape index (κ2) is 6.29. The highest BCUT2D eigenvalue weighted by molar-refractivity contribution is 7.92. The molecule has 0 aliphatic carbocycles. The number of nitrogens with zero attached hydrogens (tertiary/aromatic N) is 2. The molecule has 0 unspecified atom stereocenters. The second-order valence-electron chi connectivity index (χ2n) is 5.30. The second-order valence-corrected chi connectivity index (χ2v) is 7.90. The van der Waals surface area contributed by atoms with E-state index in [4.69, 9.17) is 4.74 Å². The van der Waals surface area contributed by atoms with Gasteiger partial charge in [0.15, 0.2) is 0 Å². The quantitative estimate of drug-likeness (QED) is 0.755. The van der Waals surface area contributed by atoms with Gasteiger partial charge in [0, 0.05) is 13.2 Å². The van der Waals surface area contributed by atoms with E-state index in [1.54, 1.807) is 19.2 Å². The van der Waals surface area contributed by atoms with E-state index >= 15 is 0 Å². The Morgan fingerprint density at radius 3 is 2.75 bits per heavy atom. The Labute approximate surface area is 144 Å². The molecule has 3 rings (SSSR count). The lowest BCUT2D eigenvalue weighted by Gasteiger charge is -2.12. The maximum absolute atomic E-state index is 12.9. The summed E-state index contributed by atoms with van der Waals surface area (Å²) in [6.45, 7) is 1.89. The van der Waals surface area contributed by atoms with Gasteiger partial charge in [0.05, 0.1) is 17.7 Å². The van der Waals surface area contributed by atoms with Crippen LogP contribution in [-0.4, -0.2) is 25.3 Å². The Kier molecular flexibility index (Phi) is 4.33. The molecule has 0 aliphatic rings. The van der Waals surface area contributed by atoms with E-state index in [0.717, 1.165) is 10.4 Å². The molecule has 0 saturated carbocycles. The van der Waals surface area contributed by atoms with Gasteiger partial charge in [0.2, 0.25) is 0 Å². The van der Waals surface area contributed by atoms with Crippen molar-refractivity contribution in [3.63, 3.8) is 0 Å². The zero-order valence-corrected chi connectivity index (χ0v) is 15.1. The lowest BCUT2D eigenvalue weighted by molar-refractivity contribution is 0.417. The Bertz CT molecular complexity index is 961. The van der Waals surface area contributed by atoms with Crippen LogP contribution in [0.25, 0.3) is 10.6 Å². The van der Waals surface area contributed by atoms with Crippen LogP contribution in [0.15, 0.2) is 46.8 Å². The molecule has 0 atom stereocenters. The van der Waals surface area contributed by atoms with Gasteiger partial charge >= 0.3 is 0 Å². The summed E-state index contributed by atoms with van der Waals surface area (Å²) in [5, 5.41) is 6.18. The van der Waals surface area contributed by atoms with E-state index in [1.165, 1.54) is 29.3 Å². The zero-order valence-electron chi connectivity index (χ0n) is 13.5. The fourth-order valence-electron chi connectivity index (χ4n) is 2.35. The van der Waals surface area contributed by atoms with Crippen LogP contribution in [0.2, 0.25) is 0 Å². The van der Waals surface area contributed by atoms with Gasteiger partial charge in [0.1, 0.15) is 16.3 Å². The third kappa shape index (κ3) is 3.15. The fourth-order valence-corrected chi connectivity index (χ4v) is 4.39.